The van der Waals surface area contributed by atoms with E-state index in [9.17, 15) is 9.90 Å². The summed E-state index contributed by atoms with van der Waals surface area (Å²) in [6, 6.07) is 5.43. The van der Waals surface area contributed by atoms with Crippen LogP contribution in [0, 0.1) is 5.92 Å². The number of hydrogen-bond donors (Lipinski definition) is 2. The third-order valence-electron chi connectivity index (χ3n) is 4.44. The lowest BCUT2D eigenvalue weighted by atomic mass is 10.1. The summed E-state index contributed by atoms with van der Waals surface area (Å²) >= 11 is 0. The number of pyridine rings is 1. The molecule has 0 saturated heterocycles. The lowest BCUT2D eigenvalue weighted by Gasteiger charge is -2.23. The lowest BCUT2D eigenvalue weighted by molar-refractivity contribution is 0.116. The first-order valence-electron chi connectivity index (χ1n) is 8.24. The molecule has 1 aliphatic carbocycles. The van der Waals surface area contributed by atoms with Crippen molar-refractivity contribution >= 4 is 11.8 Å². The van der Waals surface area contributed by atoms with E-state index < -0.39 is 0 Å². The van der Waals surface area contributed by atoms with Crippen LogP contribution in [0.4, 0.5) is 10.6 Å². The third-order valence-corrected chi connectivity index (χ3v) is 4.44. The Bertz CT molecular complexity index is 673. The Hall–Kier alpha value is -2.41. The number of nitrogens with one attached hydrogen (secondary N) is 1. The minimum Gasteiger partial charge on any atom is -0.393 e. The number of nitrogens with zero attached hydrogens (tertiary/aromatic N) is 4. The Labute approximate surface area is 141 Å². The average Bonchev–Trinajstić information content (AvgIpc) is 3.18. The van der Waals surface area contributed by atoms with Crippen molar-refractivity contribution in [3.63, 3.8) is 0 Å². The van der Waals surface area contributed by atoms with E-state index in [4.69, 9.17) is 0 Å². The fourth-order valence-corrected chi connectivity index (χ4v) is 3.06. The maximum absolute atomic E-state index is 12.3. The highest BCUT2D eigenvalue weighted by atomic mass is 16.3. The smallest absolute Gasteiger partial charge is 0.322 e. The van der Waals surface area contributed by atoms with Gasteiger partial charge in [0, 0.05) is 44.2 Å². The molecule has 2 amide bonds. The second kappa shape index (κ2) is 7.44. The summed E-state index contributed by atoms with van der Waals surface area (Å²) in [6.45, 7) is 1.19. The highest BCUT2D eigenvalue weighted by Gasteiger charge is 2.27. The lowest BCUT2D eigenvalue weighted by Crippen LogP contribution is -2.37. The van der Waals surface area contributed by atoms with Gasteiger partial charge in [-0.15, -0.1) is 0 Å². The molecular weight excluding hydrogens is 306 g/mol. The number of urea groups is 1. The minimum atomic E-state index is -0.292. The Morgan fingerprint density at radius 1 is 1.38 bits per heavy atom. The second-order valence-corrected chi connectivity index (χ2v) is 6.32. The number of carbonyl (C=O) groups is 1. The van der Waals surface area contributed by atoms with E-state index >= 15 is 0 Å². The van der Waals surface area contributed by atoms with Crippen LogP contribution in [0.15, 0.2) is 36.8 Å². The molecule has 0 aliphatic heterocycles. The van der Waals surface area contributed by atoms with Crippen molar-refractivity contribution in [2.75, 3.05) is 18.9 Å². The predicted molar refractivity (Wildman–Crippen MR) is 90.6 cm³/mol. The zero-order valence-electron chi connectivity index (χ0n) is 13.8. The molecule has 0 unspecified atom stereocenters. The highest BCUT2D eigenvalue weighted by Crippen LogP contribution is 2.26. The number of carbonyl (C=O) groups excluding carboxylic acids is 1. The van der Waals surface area contributed by atoms with Crippen molar-refractivity contribution in [3.8, 4) is 0 Å². The van der Waals surface area contributed by atoms with Crippen LogP contribution in [0.5, 0.6) is 0 Å². The van der Waals surface area contributed by atoms with E-state index in [0.29, 0.717) is 18.9 Å². The van der Waals surface area contributed by atoms with Gasteiger partial charge in [-0.05, 0) is 30.5 Å². The van der Waals surface area contributed by atoms with E-state index in [1.54, 1.807) is 35.1 Å². The number of rotatable bonds is 5. The summed E-state index contributed by atoms with van der Waals surface area (Å²) in [5, 5.41) is 17.0. The number of aliphatic hydroxyl groups is 1. The Morgan fingerprint density at radius 2 is 2.17 bits per heavy atom. The Kier molecular flexibility index (Phi) is 5.10. The van der Waals surface area contributed by atoms with Crippen LogP contribution >= 0.6 is 0 Å². The molecule has 7 nitrogen and oxygen atoms in total. The van der Waals surface area contributed by atoms with Crippen LogP contribution in [0.25, 0.3) is 0 Å². The average molecular weight is 329 g/mol. The maximum Gasteiger partial charge on any atom is 0.322 e. The maximum atomic E-state index is 12.3. The summed E-state index contributed by atoms with van der Waals surface area (Å²) in [6.07, 6.45) is 7.86. The van der Waals surface area contributed by atoms with Crippen molar-refractivity contribution in [2.45, 2.75) is 31.9 Å². The van der Waals surface area contributed by atoms with Crippen molar-refractivity contribution in [2.24, 2.45) is 5.92 Å². The molecular formula is C17H23N5O2. The molecule has 1 saturated carbocycles. The van der Waals surface area contributed by atoms with Gasteiger partial charge >= 0.3 is 6.03 Å². The molecule has 2 N–H and O–H groups in total. The normalized spacial score (nSPS) is 20.1. The van der Waals surface area contributed by atoms with Gasteiger partial charge in [0.05, 0.1) is 12.6 Å². The van der Waals surface area contributed by atoms with Gasteiger partial charge in [-0.25, -0.2) is 4.79 Å². The van der Waals surface area contributed by atoms with Gasteiger partial charge in [0.25, 0.3) is 0 Å². The Morgan fingerprint density at radius 3 is 2.88 bits per heavy atom. The van der Waals surface area contributed by atoms with Gasteiger partial charge in [0.2, 0.25) is 0 Å². The van der Waals surface area contributed by atoms with Gasteiger partial charge in [-0.2, -0.15) is 5.10 Å². The molecule has 2 atom stereocenters. The summed E-state index contributed by atoms with van der Waals surface area (Å²) in [5.41, 5.74) is 1.10. The molecule has 0 aromatic carbocycles. The van der Waals surface area contributed by atoms with Crippen LogP contribution in [-0.2, 0) is 6.54 Å². The topological polar surface area (TPSA) is 83.3 Å². The summed E-state index contributed by atoms with van der Waals surface area (Å²) in [4.78, 5) is 17.9. The van der Waals surface area contributed by atoms with Crippen LogP contribution in [0.2, 0.25) is 0 Å². The largest absolute Gasteiger partial charge is 0.393 e. The monoisotopic (exact) mass is 329 g/mol. The molecule has 2 heterocycles. The highest BCUT2D eigenvalue weighted by molar-refractivity contribution is 5.88. The van der Waals surface area contributed by atoms with Crippen molar-refractivity contribution in [1.82, 2.24) is 19.7 Å². The van der Waals surface area contributed by atoms with Crippen LogP contribution in [0.3, 0.4) is 0 Å². The Balaban J connectivity index is 1.53. The number of amides is 2. The molecule has 0 radical (unpaired) electrons. The molecule has 24 heavy (non-hydrogen) atoms. The van der Waals surface area contributed by atoms with Gasteiger partial charge in [0.15, 0.2) is 5.82 Å². The predicted octanol–water partition coefficient (Wildman–Crippen LogP) is 1.95. The van der Waals surface area contributed by atoms with Gasteiger partial charge in [-0.1, -0.05) is 6.42 Å². The van der Waals surface area contributed by atoms with Gasteiger partial charge in [0.1, 0.15) is 0 Å². The standard InChI is InChI=1S/C17H23N5O2/c1-21(12-14-3-2-4-15(14)23)17(24)19-16-7-10-22(20-16)11-13-5-8-18-9-6-13/h5-10,14-15,23H,2-4,11-12H2,1H3,(H,19,20,24)/t14-,15+/m0/s1. The SMILES string of the molecule is CN(C[C@@H]1CCC[C@H]1O)C(=O)Nc1ccn(Cc2ccncc2)n1. The van der Waals surface area contributed by atoms with E-state index in [2.05, 4.69) is 15.4 Å². The number of hydrogen-bond acceptors (Lipinski definition) is 4. The molecule has 3 rings (SSSR count). The summed E-state index contributed by atoms with van der Waals surface area (Å²) < 4.78 is 1.77. The summed E-state index contributed by atoms with van der Waals surface area (Å²) in [5.74, 6) is 0.692. The van der Waals surface area contributed by atoms with Gasteiger partial charge in [-0.3, -0.25) is 15.0 Å². The molecule has 0 bridgehead atoms. The third kappa shape index (κ3) is 4.11. The van der Waals surface area contributed by atoms with Crippen molar-refractivity contribution < 1.29 is 9.90 Å². The molecule has 1 fully saturated rings. The number of aromatic nitrogens is 3. The molecule has 2 aromatic heterocycles. The first-order chi connectivity index (χ1) is 11.6. The van der Waals surface area contributed by atoms with E-state index in [1.165, 1.54) is 0 Å². The molecule has 2 aromatic rings. The molecule has 0 spiro atoms. The molecule has 128 valence electrons. The summed E-state index contributed by atoms with van der Waals surface area (Å²) in [7, 11) is 1.74. The first kappa shape index (κ1) is 16.4. The fraction of sp³-hybridized carbons (Fsp3) is 0.471. The van der Waals surface area contributed by atoms with Crippen LogP contribution in [-0.4, -0.2) is 50.5 Å². The quantitative estimate of drug-likeness (QED) is 0.878. The minimum absolute atomic E-state index is 0.171. The van der Waals surface area contributed by atoms with E-state index in [0.717, 1.165) is 24.8 Å². The zero-order chi connectivity index (χ0) is 16.9. The van der Waals surface area contributed by atoms with Crippen LogP contribution < -0.4 is 5.32 Å². The van der Waals surface area contributed by atoms with Crippen molar-refractivity contribution in [1.29, 1.82) is 0 Å². The van der Waals surface area contributed by atoms with Crippen LogP contribution in [0.1, 0.15) is 24.8 Å². The molecule has 7 heteroatoms. The van der Waals surface area contributed by atoms with Gasteiger partial charge < -0.3 is 10.0 Å². The number of aliphatic hydroxyl groups excluding tert-OH is 1. The number of anilines is 1. The van der Waals surface area contributed by atoms with E-state index in [-0.39, 0.29) is 18.1 Å². The fourth-order valence-electron chi connectivity index (χ4n) is 3.06. The molecule has 1 aliphatic rings. The first-order valence-corrected chi connectivity index (χ1v) is 8.24. The van der Waals surface area contributed by atoms with E-state index in [1.807, 2.05) is 18.3 Å². The zero-order valence-corrected chi connectivity index (χ0v) is 13.8. The second-order valence-electron chi connectivity index (χ2n) is 6.32. The van der Waals surface area contributed by atoms with Crippen molar-refractivity contribution in [3.05, 3.63) is 42.4 Å².